The molecule has 1 saturated heterocycles. The zero-order valence-electron chi connectivity index (χ0n) is 14.1. The van der Waals surface area contributed by atoms with Gasteiger partial charge in [-0.25, -0.2) is 24.1 Å². The number of rotatable bonds is 3. The van der Waals surface area contributed by atoms with E-state index >= 15 is 0 Å². The van der Waals surface area contributed by atoms with Crippen molar-refractivity contribution in [3.63, 3.8) is 0 Å². The van der Waals surface area contributed by atoms with Crippen LogP contribution < -0.4 is 0 Å². The average Bonchev–Trinajstić information content (AvgIpc) is 3.11. The van der Waals surface area contributed by atoms with E-state index in [0.29, 0.717) is 35.7 Å². The van der Waals surface area contributed by atoms with Gasteiger partial charge in [0.1, 0.15) is 36.2 Å². The van der Waals surface area contributed by atoms with Crippen molar-refractivity contribution in [2.45, 2.75) is 12.7 Å². The molecule has 0 spiro atoms. The van der Waals surface area contributed by atoms with E-state index < -0.39 is 18.0 Å². The third kappa shape index (κ3) is 3.83. The van der Waals surface area contributed by atoms with Gasteiger partial charge in [0.2, 0.25) is 0 Å². The summed E-state index contributed by atoms with van der Waals surface area (Å²) in [5.74, 6) is 0.131. The summed E-state index contributed by atoms with van der Waals surface area (Å²) in [6.45, 7) is 0.982. The van der Waals surface area contributed by atoms with E-state index in [1.54, 1.807) is 6.20 Å². The van der Waals surface area contributed by atoms with Crippen molar-refractivity contribution >= 4 is 28.9 Å². The van der Waals surface area contributed by atoms with Crippen molar-refractivity contribution < 1.29 is 18.7 Å². The largest absolute Gasteiger partial charge is 0.444 e. The highest BCUT2D eigenvalue weighted by Gasteiger charge is 2.28. The van der Waals surface area contributed by atoms with E-state index in [1.165, 1.54) is 29.4 Å². The third-order valence-electron chi connectivity index (χ3n) is 4.18. The standard InChI is InChI=1S/C17H15ClFN5O3/c18-12-5-11(19)2-1-10(12)8-27-17(25)24-3-4-26-14(7-24)16-22-13-6-20-9-21-15(13)23-16/h1-2,5-6,9,14H,3-4,7-8H2,(H,20,21,22,23). The molecular weight excluding hydrogens is 377 g/mol. The van der Waals surface area contributed by atoms with Gasteiger partial charge in [0, 0.05) is 12.1 Å². The zero-order valence-corrected chi connectivity index (χ0v) is 14.8. The summed E-state index contributed by atoms with van der Waals surface area (Å²) < 4.78 is 24.1. The van der Waals surface area contributed by atoms with E-state index in [-0.39, 0.29) is 18.2 Å². The third-order valence-corrected chi connectivity index (χ3v) is 4.53. The lowest BCUT2D eigenvalue weighted by Gasteiger charge is -2.31. The molecule has 140 valence electrons. The van der Waals surface area contributed by atoms with Gasteiger partial charge < -0.3 is 19.4 Å². The molecule has 1 unspecified atom stereocenters. The molecule has 27 heavy (non-hydrogen) atoms. The molecule has 3 aromatic rings. The summed E-state index contributed by atoms with van der Waals surface area (Å²) in [6.07, 6.45) is 2.12. The van der Waals surface area contributed by atoms with Crippen molar-refractivity contribution in [2.24, 2.45) is 0 Å². The highest BCUT2D eigenvalue weighted by atomic mass is 35.5. The molecule has 1 amide bonds. The summed E-state index contributed by atoms with van der Waals surface area (Å²) in [4.78, 5) is 29.4. The molecule has 0 bridgehead atoms. The lowest BCUT2D eigenvalue weighted by atomic mass is 10.2. The summed E-state index contributed by atoms with van der Waals surface area (Å²) in [6, 6.07) is 3.94. The first-order chi connectivity index (χ1) is 13.1. The molecule has 1 fully saturated rings. The van der Waals surface area contributed by atoms with Crippen LogP contribution in [0.5, 0.6) is 0 Å². The van der Waals surface area contributed by atoms with Crippen LogP contribution in [-0.4, -0.2) is 50.6 Å². The van der Waals surface area contributed by atoms with Crippen LogP contribution in [0.2, 0.25) is 5.02 Å². The number of carbonyl (C=O) groups excluding carboxylic acids is 1. The number of nitrogens with one attached hydrogen (secondary N) is 1. The summed E-state index contributed by atoms with van der Waals surface area (Å²) >= 11 is 5.95. The maximum atomic E-state index is 13.1. The van der Waals surface area contributed by atoms with Gasteiger partial charge in [0.15, 0.2) is 5.65 Å². The van der Waals surface area contributed by atoms with Gasteiger partial charge in [-0.2, -0.15) is 0 Å². The molecule has 1 aliphatic rings. The molecule has 10 heteroatoms. The average molecular weight is 392 g/mol. The maximum absolute atomic E-state index is 13.1. The Labute approximate surface area is 158 Å². The van der Waals surface area contributed by atoms with Gasteiger partial charge >= 0.3 is 6.09 Å². The number of fused-ring (bicyclic) bond motifs is 1. The fraction of sp³-hybridized carbons (Fsp3) is 0.294. The van der Waals surface area contributed by atoms with Crippen LogP contribution in [0, 0.1) is 5.82 Å². The minimum Gasteiger partial charge on any atom is -0.444 e. The van der Waals surface area contributed by atoms with E-state index in [4.69, 9.17) is 21.1 Å². The van der Waals surface area contributed by atoms with E-state index in [0.717, 1.165) is 0 Å². The van der Waals surface area contributed by atoms with Crippen molar-refractivity contribution in [3.8, 4) is 0 Å². The molecule has 2 aromatic heterocycles. The van der Waals surface area contributed by atoms with Crippen LogP contribution in [-0.2, 0) is 16.1 Å². The Morgan fingerprint density at radius 1 is 1.48 bits per heavy atom. The summed E-state index contributed by atoms with van der Waals surface area (Å²) in [7, 11) is 0. The zero-order chi connectivity index (χ0) is 18.8. The Balaban J connectivity index is 1.40. The summed E-state index contributed by atoms with van der Waals surface area (Å²) in [5.41, 5.74) is 1.77. The first-order valence-electron chi connectivity index (χ1n) is 8.23. The molecule has 1 aromatic carbocycles. The number of imidazole rings is 1. The van der Waals surface area contributed by atoms with Gasteiger partial charge in [-0.3, -0.25) is 0 Å². The van der Waals surface area contributed by atoms with Gasteiger partial charge in [-0.15, -0.1) is 0 Å². The van der Waals surface area contributed by atoms with Gasteiger partial charge in [-0.05, 0) is 12.1 Å². The fourth-order valence-corrected chi connectivity index (χ4v) is 3.00. The second-order valence-electron chi connectivity index (χ2n) is 5.98. The monoisotopic (exact) mass is 391 g/mol. The second kappa shape index (κ2) is 7.45. The lowest BCUT2D eigenvalue weighted by Crippen LogP contribution is -2.42. The molecule has 3 heterocycles. The molecule has 1 atom stereocenters. The Kier molecular flexibility index (Phi) is 4.87. The number of carbonyl (C=O) groups is 1. The van der Waals surface area contributed by atoms with Crippen LogP contribution in [0.1, 0.15) is 17.5 Å². The number of ether oxygens (including phenoxy) is 2. The van der Waals surface area contributed by atoms with Crippen molar-refractivity contribution in [2.75, 3.05) is 19.7 Å². The SMILES string of the molecule is O=C(OCc1ccc(F)cc1Cl)N1CCOC(c2nc3ncncc3[nH]2)C1. The minimum atomic E-state index is -0.500. The molecule has 4 rings (SSSR count). The Bertz CT molecular complexity index is 949. The van der Waals surface area contributed by atoms with Crippen LogP contribution in [0.25, 0.3) is 11.2 Å². The molecule has 0 radical (unpaired) electrons. The maximum Gasteiger partial charge on any atom is 0.410 e. The number of H-pyrrole nitrogens is 1. The molecule has 0 aliphatic carbocycles. The Morgan fingerprint density at radius 3 is 3.19 bits per heavy atom. The lowest BCUT2D eigenvalue weighted by molar-refractivity contribution is -0.0330. The van der Waals surface area contributed by atoms with Crippen LogP contribution >= 0.6 is 11.6 Å². The second-order valence-corrected chi connectivity index (χ2v) is 6.39. The van der Waals surface area contributed by atoms with Crippen molar-refractivity contribution in [1.82, 2.24) is 24.8 Å². The number of aromatic nitrogens is 4. The Hall–Kier alpha value is -2.78. The Morgan fingerprint density at radius 2 is 2.37 bits per heavy atom. The van der Waals surface area contributed by atoms with Crippen LogP contribution in [0.4, 0.5) is 9.18 Å². The first kappa shape index (κ1) is 17.6. The number of morpholine rings is 1. The van der Waals surface area contributed by atoms with Gasteiger partial charge in [0.25, 0.3) is 0 Å². The molecule has 8 nitrogen and oxygen atoms in total. The first-order valence-corrected chi connectivity index (χ1v) is 8.61. The minimum absolute atomic E-state index is 0.0415. The van der Waals surface area contributed by atoms with Crippen molar-refractivity contribution in [1.29, 1.82) is 0 Å². The normalized spacial score (nSPS) is 17.3. The molecule has 1 N–H and O–H groups in total. The van der Waals surface area contributed by atoms with Crippen LogP contribution in [0.3, 0.4) is 0 Å². The quantitative estimate of drug-likeness (QED) is 0.738. The number of benzene rings is 1. The molecule has 1 aliphatic heterocycles. The number of hydrogen-bond donors (Lipinski definition) is 1. The number of hydrogen-bond acceptors (Lipinski definition) is 6. The highest BCUT2D eigenvalue weighted by Crippen LogP contribution is 2.23. The van der Waals surface area contributed by atoms with Crippen molar-refractivity contribution in [3.05, 3.63) is 53.0 Å². The van der Waals surface area contributed by atoms with Crippen LogP contribution in [0.15, 0.2) is 30.7 Å². The smallest absolute Gasteiger partial charge is 0.410 e. The molecular formula is C17H15ClFN5O3. The van der Waals surface area contributed by atoms with E-state index in [1.807, 2.05) is 0 Å². The van der Waals surface area contributed by atoms with Gasteiger partial charge in [0.05, 0.1) is 24.4 Å². The predicted octanol–water partition coefficient (Wildman–Crippen LogP) is 2.86. The van der Waals surface area contributed by atoms with E-state index in [9.17, 15) is 9.18 Å². The number of halogens is 2. The topological polar surface area (TPSA) is 93.2 Å². The number of nitrogens with zero attached hydrogens (tertiary/aromatic N) is 4. The fourth-order valence-electron chi connectivity index (χ4n) is 2.78. The van der Waals surface area contributed by atoms with Gasteiger partial charge in [-0.1, -0.05) is 17.7 Å². The summed E-state index contributed by atoms with van der Waals surface area (Å²) in [5, 5.41) is 0.214. The predicted molar refractivity (Wildman–Crippen MR) is 93.5 cm³/mol. The number of aromatic amines is 1. The highest BCUT2D eigenvalue weighted by molar-refractivity contribution is 6.31. The van der Waals surface area contributed by atoms with E-state index in [2.05, 4.69) is 19.9 Å². The number of amides is 1. The molecule has 0 saturated carbocycles.